The van der Waals surface area contributed by atoms with Crippen molar-refractivity contribution in [2.75, 3.05) is 27.2 Å². The van der Waals surface area contributed by atoms with E-state index >= 15 is 0 Å². The molecular weight excluding hydrogens is 340 g/mol. The summed E-state index contributed by atoms with van der Waals surface area (Å²) in [4.78, 5) is 29.3. The van der Waals surface area contributed by atoms with Crippen LogP contribution in [0.25, 0.3) is 0 Å². The van der Waals surface area contributed by atoms with Gasteiger partial charge in [-0.15, -0.1) is 0 Å². The molecule has 3 aliphatic rings. The van der Waals surface area contributed by atoms with Crippen molar-refractivity contribution in [1.29, 1.82) is 0 Å². The molecule has 0 bridgehead atoms. The largest absolute Gasteiger partial charge is 0.493 e. The summed E-state index contributed by atoms with van der Waals surface area (Å²) in [5.41, 5.74) is 2.40. The molecule has 27 heavy (non-hydrogen) atoms. The third-order valence-electron chi connectivity index (χ3n) is 6.65. The van der Waals surface area contributed by atoms with E-state index in [0.717, 1.165) is 31.4 Å². The third kappa shape index (κ3) is 2.91. The van der Waals surface area contributed by atoms with Gasteiger partial charge in [0.15, 0.2) is 0 Å². The van der Waals surface area contributed by atoms with E-state index in [2.05, 4.69) is 32.0 Å². The number of carbonyl (C=O) groups is 2. The molecule has 0 aromatic heterocycles. The molecule has 5 nitrogen and oxygen atoms in total. The number of ether oxygens (including phenoxy) is 1. The van der Waals surface area contributed by atoms with E-state index in [0.29, 0.717) is 19.1 Å². The predicted molar refractivity (Wildman–Crippen MR) is 104 cm³/mol. The second kappa shape index (κ2) is 6.54. The number of hydrogen-bond donors (Lipinski definition) is 0. The van der Waals surface area contributed by atoms with E-state index in [9.17, 15) is 9.59 Å². The molecule has 0 radical (unpaired) electrons. The molecule has 1 aliphatic carbocycles. The maximum Gasteiger partial charge on any atom is 0.244 e. The Kier molecular flexibility index (Phi) is 4.44. The summed E-state index contributed by atoms with van der Waals surface area (Å²) in [5.74, 6) is 1.57. The van der Waals surface area contributed by atoms with Crippen LogP contribution >= 0.6 is 0 Å². The summed E-state index contributed by atoms with van der Waals surface area (Å²) in [6.45, 7) is 5.74. The molecule has 146 valence electrons. The molecular formula is C22H30N2O3. The SMILES string of the molecule is CC(C)c1ccc2c(c1)[C@]1(CCO2)C[C@H]1C(=O)N1CCC[C@@H]1C(=O)N(C)C. The number of amides is 2. The molecule has 1 aromatic rings. The smallest absolute Gasteiger partial charge is 0.244 e. The standard InChI is InChI=1S/C22H30N2O3/c1-14(2)15-7-8-19-16(12-15)22(9-11-27-19)13-17(22)20(25)24-10-5-6-18(24)21(26)23(3)4/h7-8,12,14,17-18H,5-6,9-11,13H2,1-4H3/t17-,18+,22-/m0/s1. The van der Waals surface area contributed by atoms with Crippen molar-refractivity contribution < 1.29 is 14.3 Å². The lowest BCUT2D eigenvalue weighted by Crippen LogP contribution is -2.46. The van der Waals surface area contributed by atoms with Gasteiger partial charge in [-0.2, -0.15) is 0 Å². The van der Waals surface area contributed by atoms with E-state index in [-0.39, 0.29) is 29.2 Å². The van der Waals surface area contributed by atoms with Gasteiger partial charge in [0, 0.05) is 37.5 Å². The third-order valence-corrected chi connectivity index (χ3v) is 6.65. The number of fused-ring (bicyclic) bond motifs is 2. The second-order valence-corrected chi connectivity index (χ2v) is 8.84. The molecule has 1 saturated heterocycles. The molecule has 4 rings (SSSR count). The first-order chi connectivity index (χ1) is 12.8. The minimum absolute atomic E-state index is 0.0156. The van der Waals surface area contributed by atoms with Gasteiger partial charge in [0.05, 0.1) is 6.61 Å². The molecule has 2 amide bonds. The zero-order chi connectivity index (χ0) is 19.3. The van der Waals surface area contributed by atoms with E-state index in [4.69, 9.17) is 4.74 Å². The topological polar surface area (TPSA) is 49.9 Å². The highest BCUT2D eigenvalue weighted by Gasteiger charge is 2.62. The molecule has 5 heteroatoms. The lowest BCUT2D eigenvalue weighted by atomic mass is 9.85. The fraction of sp³-hybridized carbons (Fsp3) is 0.636. The highest BCUT2D eigenvalue weighted by Crippen LogP contribution is 2.61. The summed E-state index contributed by atoms with van der Waals surface area (Å²) < 4.78 is 5.89. The first-order valence-corrected chi connectivity index (χ1v) is 10.1. The summed E-state index contributed by atoms with van der Waals surface area (Å²) in [7, 11) is 3.54. The zero-order valence-electron chi connectivity index (χ0n) is 16.8. The van der Waals surface area contributed by atoms with Gasteiger partial charge in [-0.25, -0.2) is 0 Å². The van der Waals surface area contributed by atoms with Crippen molar-refractivity contribution in [2.24, 2.45) is 5.92 Å². The Hall–Kier alpha value is -2.04. The van der Waals surface area contributed by atoms with Gasteiger partial charge in [-0.3, -0.25) is 9.59 Å². The number of carbonyl (C=O) groups excluding carboxylic acids is 2. The highest BCUT2D eigenvalue weighted by atomic mass is 16.5. The molecule has 0 N–H and O–H groups in total. The first kappa shape index (κ1) is 18.3. The molecule has 1 saturated carbocycles. The zero-order valence-corrected chi connectivity index (χ0v) is 16.8. The maximum atomic E-state index is 13.4. The van der Waals surface area contributed by atoms with E-state index in [1.807, 2.05) is 4.90 Å². The van der Waals surface area contributed by atoms with Gasteiger partial charge in [0.1, 0.15) is 11.8 Å². The van der Waals surface area contributed by atoms with Gasteiger partial charge in [0.2, 0.25) is 11.8 Å². The fourth-order valence-electron chi connectivity index (χ4n) is 4.89. The van der Waals surface area contributed by atoms with E-state index in [1.165, 1.54) is 11.1 Å². The Bertz CT molecular complexity index is 773. The van der Waals surface area contributed by atoms with Crippen LogP contribution in [0.3, 0.4) is 0 Å². The van der Waals surface area contributed by atoms with Crippen LogP contribution in [0.5, 0.6) is 5.75 Å². The van der Waals surface area contributed by atoms with Crippen molar-refractivity contribution >= 4 is 11.8 Å². The molecule has 2 heterocycles. The van der Waals surface area contributed by atoms with E-state index < -0.39 is 0 Å². The second-order valence-electron chi connectivity index (χ2n) is 8.84. The predicted octanol–water partition coefficient (Wildman–Crippen LogP) is 2.93. The van der Waals surface area contributed by atoms with Crippen molar-refractivity contribution in [3.05, 3.63) is 29.3 Å². The Balaban J connectivity index is 1.60. The van der Waals surface area contributed by atoms with Crippen LogP contribution in [0.1, 0.15) is 56.6 Å². The molecule has 0 unspecified atom stereocenters. The number of hydrogen-bond acceptors (Lipinski definition) is 3. The Morgan fingerprint density at radius 1 is 1.30 bits per heavy atom. The highest BCUT2D eigenvalue weighted by molar-refractivity contribution is 5.91. The first-order valence-electron chi connectivity index (χ1n) is 10.1. The summed E-state index contributed by atoms with van der Waals surface area (Å²) in [5, 5.41) is 0. The average molecular weight is 370 g/mol. The lowest BCUT2D eigenvalue weighted by Gasteiger charge is -2.30. The Morgan fingerprint density at radius 2 is 2.07 bits per heavy atom. The summed E-state index contributed by atoms with van der Waals surface area (Å²) in [6.07, 6.45) is 3.45. The Morgan fingerprint density at radius 3 is 2.78 bits per heavy atom. The quantitative estimate of drug-likeness (QED) is 0.822. The van der Waals surface area contributed by atoms with Gasteiger partial charge >= 0.3 is 0 Å². The number of rotatable bonds is 3. The average Bonchev–Trinajstić information content (AvgIpc) is 3.14. The van der Waals surface area contributed by atoms with Crippen LogP contribution < -0.4 is 4.74 Å². The normalized spacial score (nSPS) is 28.9. The monoisotopic (exact) mass is 370 g/mol. The number of likely N-dealkylation sites (N-methyl/N-ethyl adjacent to an activating group) is 1. The molecule has 2 fully saturated rings. The summed E-state index contributed by atoms with van der Waals surface area (Å²) in [6, 6.07) is 6.17. The van der Waals surface area contributed by atoms with Gasteiger partial charge in [-0.05, 0) is 43.2 Å². The van der Waals surface area contributed by atoms with Crippen LogP contribution in [-0.2, 0) is 15.0 Å². The summed E-state index contributed by atoms with van der Waals surface area (Å²) >= 11 is 0. The van der Waals surface area contributed by atoms with Gasteiger partial charge in [-0.1, -0.05) is 26.0 Å². The van der Waals surface area contributed by atoms with Crippen molar-refractivity contribution in [3.63, 3.8) is 0 Å². The minimum atomic E-state index is -0.286. The lowest BCUT2D eigenvalue weighted by molar-refractivity contribution is -0.143. The maximum absolute atomic E-state index is 13.4. The van der Waals surface area contributed by atoms with Gasteiger partial charge in [0.25, 0.3) is 0 Å². The van der Waals surface area contributed by atoms with Crippen LogP contribution in [0.4, 0.5) is 0 Å². The van der Waals surface area contributed by atoms with Crippen molar-refractivity contribution in [3.8, 4) is 5.75 Å². The van der Waals surface area contributed by atoms with E-state index in [1.54, 1.807) is 19.0 Å². The number of benzene rings is 1. The van der Waals surface area contributed by atoms with Crippen molar-refractivity contribution in [2.45, 2.75) is 56.9 Å². The van der Waals surface area contributed by atoms with Crippen LogP contribution in [0.15, 0.2) is 18.2 Å². The molecule has 1 spiro atoms. The molecule has 3 atom stereocenters. The van der Waals surface area contributed by atoms with Crippen LogP contribution in [0.2, 0.25) is 0 Å². The van der Waals surface area contributed by atoms with Gasteiger partial charge < -0.3 is 14.5 Å². The molecule has 2 aliphatic heterocycles. The van der Waals surface area contributed by atoms with Crippen molar-refractivity contribution in [1.82, 2.24) is 9.80 Å². The minimum Gasteiger partial charge on any atom is -0.493 e. The fourth-order valence-corrected chi connectivity index (χ4v) is 4.89. The molecule has 1 aromatic carbocycles. The van der Waals surface area contributed by atoms with Crippen LogP contribution in [0, 0.1) is 5.92 Å². The van der Waals surface area contributed by atoms with Crippen LogP contribution in [-0.4, -0.2) is 54.9 Å². The Labute approximate surface area is 161 Å². The number of likely N-dealkylation sites (tertiary alicyclic amines) is 1. The number of nitrogens with zero attached hydrogens (tertiary/aromatic N) is 2.